The van der Waals surface area contributed by atoms with Gasteiger partial charge >= 0.3 is 137 Å². The second kappa shape index (κ2) is 9.02. The Morgan fingerprint density at radius 3 is 1.38 bits per heavy atom. The number of aliphatic hydroxyl groups is 2. The van der Waals surface area contributed by atoms with Crippen LogP contribution >= 0.6 is 0 Å². The van der Waals surface area contributed by atoms with Gasteiger partial charge in [-0.3, -0.25) is 0 Å². The number of rotatable bonds is 8. The average molecular weight is 475 g/mol. The maximum atomic E-state index is 8.72. The number of aliphatic hydroxyl groups excluding tert-OH is 2. The molecule has 0 saturated carbocycles. The standard InChI is InChI=1S/2C8H9O2.Hg/c2*9-6-7-10-8-4-2-1-3-5-8;/h2*2-5,9H,6-7H2;. The summed E-state index contributed by atoms with van der Waals surface area (Å²) in [5.41, 5.74) is 0. The Morgan fingerprint density at radius 1 is 0.667 bits per heavy atom. The molecule has 0 aliphatic rings. The SMILES string of the molecule is OCCOc1cc[c]([Hg][c]2ccc(OCCO)cc2)cc1. The number of hydrogen-bond donors (Lipinski definition) is 2. The average Bonchev–Trinajstić information content (AvgIpc) is 2.53. The summed E-state index contributed by atoms with van der Waals surface area (Å²) >= 11 is -1.32. The Bertz CT molecular complexity index is 475. The Labute approximate surface area is 136 Å². The molecule has 0 saturated heterocycles. The van der Waals surface area contributed by atoms with Crippen LogP contribution in [-0.2, 0) is 24.6 Å². The van der Waals surface area contributed by atoms with Crippen molar-refractivity contribution >= 4 is 6.14 Å². The summed E-state index contributed by atoms with van der Waals surface area (Å²) in [6.45, 7) is 0.733. The van der Waals surface area contributed by atoms with Gasteiger partial charge in [0.25, 0.3) is 0 Å². The van der Waals surface area contributed by atoms with Crippen molar-refractivity contribution in [3.8, 4) is 11.5 Å². The Kier molecular flexibility index (Phi) is 6.99. The third kappa shape index (κ3) is 5.65. The minimum atomic E-state index is -1.32. The topological polar surface area (TPSA) is 58.9 Å². The monoisotopic (exact) mass is 476 g/mol. The van der Waals surface area contributed by atoms with Gasteiger partial charge in [-0.15, -0.1) is 0 Å². The van der Waals surface area contributed by atoms with E-state index in [1.165, 1.54) is 6.14 Å². The van der Waals surface area contributed by atoms with E-state index in [1.54, 1.807) is 0 Å². The molecule has 2 aromatic rings. The molecule has 0 unspecified atom stereocenters. The third-order valence-electron chi connectivity index (χ3n) is 2.97. The summed E-state index contributed by atoms with van der Waals surface area (Å²) in [5.74, 6) is 1.60. The summed E-state index contributed by atoms with van der Waals surface area (Å²) in [5, 5.41) is 17.4. The van der Waals surface area contributed by atoms with Gasteiger partial charge in [0.2, 0.25) is 0 Å². The van der Waals surface area contributed by atoms with Gasteiger partial charge in [-0.25, -0.2) is 0 Å². The molecule has 0 radical (unpaired) electrons. The van der Waals surface area contributed by atoms with E-state index in [-0.39, 0.29) is 13.2 Å². The molecule has 2 aromatic carbocycles. The molecule has 4 nitrogen and oxygen atoms in total. The summed E-state index contributed by atoms with van der Waals surface area (Å²) in [7, 11) is 0. The van der Waals surface area contributed by atoms with Crippen LogP contribution in [0.4, 0.5) is 0 Å². The van der Waals surface area contributed by atoms with E-state index in [4.69, 9.17) is 19.7 Å². The molecule has 0 aliphatic carbocycles. The molecule has 0 atom stereocenters. The Morgan fingerprint density at radius 2 is 1.05 bits per heavy atom. The normalized spacial score (nSPS) is 10.0. The zero-order valence-corrected chi connectivity index (χ0v) is 17.4. The predicted molar refractivity (Wildman–Crippen MR) is 77.3 cm³/mol. The van der Waals surface area contributed by atoms with Crippen LogP contribution in [0.1, 0.15) is 0 Å². The van der Waals surface area contributed by atoms with E-state index in [0.717, 1.165) is 11.5 Å². The number of hydrogen-bond acceptors (Lipinski definition) is 4. The van der Waals surface area contributed by atoms with Crippen LogP contribution in [0.15, 0.2) is 48.5 Å². The van der Waals surface area contributed by atoms with Crippen LogP contribution in [0.5, 0.6) is 11.5 Å². The Hall–Kier alpha value is -1.10. The summed E-state index contributed by atoms with van der Waals surface area (Å²) in [6, 6.07) is 16.3. The van der Waals surface area contributed by atoms with E-state index in [1.807, 2.05) is 24.3 Å². The first-order valence-corrected chi connectivity index (χ1v) is 12.5. The van der Waals surface area contributed by atoms with Crippen LogP contribution in [0.2, 0.25) is 0 Å². The van der Waals surface area contributed by atoms with Crippen molar-refractivity contribution in [1.29, 1.82) is 0 Å². The van der Waals surface area contributed by atoms with Crippen molar-refractivity contribution in [1.82, 2.24) is 0 Å². The molecule has 0 aromatic heterocycles. The molecule has 5 heteroatoms. The first kappa shape index (κ1) is 16.3. The molecule has 0 aliphatic heterocycles. The molecular formula is C16H18HgO4. The molecule has 21 heavy (non-hydrogen) atoms. The first-order valence-electron chi connectivity index (χ1n) is 6.97. The van der Waals surface area contributed by atoms with Crippen molar-refractivity contribution in [2.75, 3.05) is 26.4 Å². The fourth-order valence-corrected chi connectivity index (χ4v) is 7.47. The fraction of sp³-hybridized carbons (Fsp3) is 0.250. The van der Waals surface area contributed by atoms with E-state index < -0.39 is 24.6 Å². The minimum absolute atomic E-state index is 0.0342. The van der Waals surface area contributed by atoms with Crippen LogP contribution in [0.25, 0.3) is 0 Å². The van der Waals surface area contributed by atoms with Gasteiger partial charge in [0.1, 0.15) is 0 Å². The second-order valence-corrected chi connectivity index (χ2v) is 12.3. The van der Waals surface area contributed by atoms with Gasteiger partial charge in [-0.1, -0.05) is 0 Å². The second-order valence-electron chi connectivity index (χ2n) is 4.61. The molecule has 2 rings (SSSR count). The molecule has 0 amide bonds. The van der Waals surface area contributed by atoms with Gasteiger partial charge in [-0.2, -0.15) is 0 Å². The zero-order chi connectivity index (χ0) is 14.9. The summed E-state index contributed by atoms with van der Waals surface area (Å²) in [4.78, 5) is 0. The van der Waals surface area contributed by atoms with Gasteiger partial charge in [0.15, 0.2) is 0 Å². The van der Waals surface area contributed by atoms with Gasteiger partial charge in [0, 0.05) is 0 Å². The summed E-state index contributed by atoms with van der Waals surface area (Å²) < 4.78 is 13.5. The van der Waals surface area contributed by atoms with Crippen molar-refractivity contribution in [2.45, 2.75) is 0 Å². The van der Waals surface area contributed by atoms with E-state index in [2.05, 4.69) is 24.3 Å². The molecule has 0 heterocycles. The Balaban J connectivity index is 1.91. The van der Waals surface area contributed by atoms with Crippen LogP contribution in [-0.4, -0.2) is 36.6 Å². The van der Waals surface area contributed by atoms with Gasteiger partial charge < -0.3 is 0 Å². The zero-order valence-electron chi connectivity index (χ0n) is 11.9. The molecule has 0 spiro atoms. The van der Waals surface area contributed by atoms with Crippen molar-refractivity contribution in [3.05, 3.63) is 48.5 Å². The third-order valence-corrected chi connectivity index (χ3v) is 9.81. The molecule has 0 bridgehead atoms. The quantitative estimate of drug-likeness (QED) is 0.546. The van der Waals surface area contributed by atoms with Gasteiger partial charge in [0.05, 0.1) is 0 Å². The maximum absolute atomic E-state index is 8.72. The fourth-order valence-electron chi connectivity index (χ4n) is 1.97. The first-order chi connectivity index (χ1) is 10.3. The number of benzene rings is 2. The van der Waals surface area contributed by atoms with E-state index in [0.29, 0.717) is 13.2 Å². The van der Waals surface area contributed by atoms with Crippen LogP contribution in [0, 0.1) is 0 Å². The number of ether oxygens (including phenoxy) is 2. The summed E-state index contributed by atoms with van der Waals surface area (Å²) in [6.07, 6.45) is 0. The van der Waals surface area contributed by atoms with Crippen LogP contribution < -0.4 is 15.6 Å². The van der Waals surface area contributed by atoms with Crippen molar-refractivity contribution in [3.63, 3.8) is 0 Å². The van der Waals surface area contributed by atoms with Gasteiger partial charge in [-0.05, 0) is 0 Å². The van der Waals surface area contributed by atoms with Crippen LogP contribution in [0.3, 0.4) is 0 Å². The van der Waals surface area contributed by atoms with E-state index >= 15 is 0 Å². The van der Waals surface area contributed by atoms with E-state index in [9.17, 15) is 0 Å². The van der Waals surface area contributed by atoms with Crippen molar-refractivity contribution in [2.24, 2.45) is 0 Å². The molecular weight excluding hydrogens is 457 g/mol. The predicted octanol–water partition coefficient (Wildman–Crippen LogP) is 0.462. The van der Waals surface area contributed by atoms with Crippen molar-refractivity contribution < 1.29 is 44.3 Å². The molecule has 0 fully saturated rings. The molecule has 2 N–H and O–H groups in total. The molecule has 108 valence electrons.